The van der Waals surface area contributed by atoms with Gasteiger partial charge in [-0.2, -0.15) is 0 Å². The van der Waals surface area contributed by atoms with Crippen LogP contribution in [0.1, 0.15) is 19.4 Å². The Hall–Kier alpha value is -3.94. The van der Waals surface area contributed by atoms with Gasteiger partial charge in [0.05, 0.1) is 46.2 Å². The van der Waals surface area contributed by atoms with Crippen LogP contribution in [-0.4, -0.2) is 46.9 Å². The van der Waals surface area contributed by atoms with E-state index in [9.17, 15) is 9.59 Å². The quantitative estimate of drug-likeness (QED) is 0.441. The maximum absolute atomic E-state index is 13.5. The van der Waals surface area contributed by atoms with Crippen molar-refractivity contribution >= 4 is 23.6 Å². The summed E-state index contributed by atoms with van der Waals surface area (Å²) in [4.78, 5) is 27.7. The van der Waals surface area contributed by atoms with Crippen LogP contribution in [0.3, 0.4) is 0 Å². The van der Waals surface area contributed by atoms with E-state index in [-0.39, 0.29) is 17.1 Å². The zero-order valence-corrected chi connectivity index (χ0v) is 19.6. The second kappa shape index (κ2) is 10.1. The molecule has 0 spiro atoms. The summed E-state index contributed by atoms with van der Waals surface area (Å²) in [6, 6.07) is 10.5. The third-order valence-corrected chi connectivity index (χ3v) is 5.23. The third kappa shape index (κ3) is 4.37. The highest BCUT2D eigenvalue weighted by molar-refractivity contribution is 6.24. The molecule has 0 saturated heterocycles. The van der Waals surface area contributed by atoms with Crippen LogP contribution >= 0.6 is 0 Å². The predicted octanol–water partition coefficient (Wildman–Crippen LogP) is 3.99. The number of amides is 1. The van der Waals surface area contributed by atoms with Crippen molar-refractivity contribution in [2.45, 2.75) is 13.8 Å². The van der Waals surface area contributed by atoms with Gasteiger partial charge in [0.2, 0.25) is 5.75 Å². The van der Waals surface area contributed by atoms with E-state index >= 15 is 0 Å². The molecule has 1 aliphatic rings. The van der Waals surface area contributed by atoms with Gasteiger partial charge in [-0.15, -0.1) is 0 Å². The summed E-state index contributed by atoms with van der Waals surface area (Å²) < 4.78 is 26.8. The molecule has 8 heteroatoms. The minimum Gasteiger partial charge on any atom is -0.494 e. The van der Waals surface area contributed by atoms with Crippen molar-refractivity contribution in [3.63, 3.8) is 0 Å². The number of hydrogen-bond acceptors (Lipinski definition) is 7. The van der Waals surface area contributed by atoms with Gasteiger partial charge in [0.1, 0.15) is 5.75 Å². The van der Waals surface area contributed by atoms with Gasteiger partial charge < -0.3 is 23.7 Å². The van der Waals surface area contributed by atoms with E-state index in [4.69, 9.17) is 23.7 Å². The van der Waals surface area contributed by atoms with E-state index in [0.717, 1.165) is 0 Å². The van der Waals surface area contributed by atoms with Crippen LogP contribution in [0.2, 0.25) is 0 Å². The molecule has 0 radical (unpaired) electrons. The third-order valence-electron chi connectivity index (χ3n) is 5.23. The van der Waals surface area contributed by atoms with Gasteiger partial charge in [-0.05, 0) is 56.3 Å². The van der Waals surface area contributed by atoms with Crippen molar-refractivity contribution < 1.29 is 33.3 Å². The van der Waals surface area contributed by atoms with Crippen molar-refractivity contribution in [2.24, 2.45) is 0 Å². The number of benzene rings is 2. The molecular weight excluding hydrogens is 426 g/mol. The number of ether oxygens (including phenoxy) is 5. The zero-order chi connectivity index (χ0) is 24.1. The lowest BCUT2D eigenvalue weighted by Crippen LogP contribution is -2.24. The molecule has 0 atom stereocenters. The van der Waals surface area contributed by atoms with Crippen molar-refractivity contribution in [1.82, 2.24) is 0 Å². The van der Waals surface area contributed by atoms with Gasteiger partial charge in [0.15, 0.2) is 11.5 Å². The fraction of sp³-hybridized carbons (Fsp3) is 0.280. The number of nitrogens with zero attached hydrogens (tertiary/aromatic N) is 1. The van der Waals surface area contributed by atoms with Gasteiger partial charge in [0, 0.05) is 16.9 Å². The lowest BCUT2D eigenvalue weighted by Gasteiger charge is -2.18. The maximum atomic E-state index is 13.5. The molecule has 0 saturated carbocycles. The van der Waals surface area contributed by atoms with Crippen LogP contribution in [0.25, 0.3) is 6.08 Å². The highest BCUT2D eigenvalue weighted by Gasteiger charge is 2.38. The first-order valence-electron chi connectivity index (χ1n) is 10.3. The maximum Gasteiger partial charge on any atom is 0.340 e. The molecule has 0 N–H and O–H groups in total. The fourth-order valence-corrected chi connectivity index (χ4v) is 3.74. The Labute approximate surface area is 192 Å². The van der Waals surface area contributed by atoms with Gasteiger partial charge in [-0.3, -0.25) is 9.69 Å². The fourth-order valence-electron chi connectivity index (χ4n) is 3.74. The number of allylic oxidation sites excluding steroid dienone is 1. The Morgan fingerprint density at radius 2 is 1.61 bits per heavy atom. The number of carbonyl (C=O) groups excluding carboxylic acids is 2. The second-order valence-corrected chi connectivity index (χ2v) is 7.00. The summed E-state index contributed by atoms with van der Waals surface area (Å²) in [7, 11) is 5.78. The largest absolute Gasteiger partial charge is 0.494 e. The standard InChI is InChI=1S/C25H27NO7/c1-7-33-18-11-9-17(10-12-18)26-15(2)21(25(28)32-6)19(24(26)27)14-16-8-13-20(29-3)23(31-5)22(16)30-4/h8-14H,7H2,1-6H3/b19-14-. The Morgan fingerprint density at radius 1 is 0.939 bits per heavy atom. The summed E-state index contributed by atoms with van der Waals surface area (Å²) in [6.07, 6.45) is 1.59. The van der Waals surface area contributed by atoms with E-state index < -0.39 is 5.97 Å². The van der Waals surface area contributed by atoms with Gasteiger partial charge >= 0.3 is 5.97 Å². The van der Waals surface area contributed by atoms with E-state index in [2.05, 4.69) is 0 Å². The second-order valence-electron chi connectivity index (χ2n) is 7.00. The van der Waals surface area contributed by atoms with Gasteiger partial charge in [0.25, 0.3) is 5.91 Å². The normalized spacial score (nSPS) is 14.5. The lowest BCUT2D eigenvalue weighted by molar-refractivity contribution is -0.136. The molecule has 2 aromatic carbocycles. The van der Waals surface area contributed by atoms with E-state index in [1.54, 1.807) is 49.4 Å². The molecule has 2 aromatic rings. The van der Waals surface area contributed by atoms with Crippen molar-refractivity contribution in [3.8, 4) is 23.0 Å². The molecule has 0 aromatic heterocycles. The van der Waals surface area contributed by atoms with Crippen LogP contribution in [0, 0.1) is 0 Å². The van der Waals surface area contributed by atoms with Crippen molar-refractivity contribution in [2.75, 3.05) is 39.9 Å². The van der Waals surface area contributed by atoms with Crippen molar-refractivity contribution in [3.05, 3.63) is 58.8 Å². The molecule has 0 unspecified atom stereocenters. The molecule has 33 heavy (non-hydrogen) atoms. The topological polar surface area (TPSA) is 83.5 Å². The SMILES string of the molecule is CCOc1ccc(N2C(=O)/C(=C\c3ccc(OC)c(OC)c3OC)C(C(=O)OC)=C2C)cc1. The zero-order valence-electron chi connectivity index (χ0n) is 19.6. The van der Waals surface area contributed by atoms with Crippen LogP contribution in [0.15, 0.2) is 53.2 Å². The number of rotatable bonds is 8. The molecule has 3 rings (SSSR count). The summed E-state index contributed by atoms with van der Waals surface area (Å²) in [5.74, 6) is 0.939. The van der Waals surface area contributed by atoms with Gasteiger partial charge in [-0.25, -0.2) is 4.79 Å². The number of anilines is 1. The van der Waals surface area contributed by atoms with Crippen LogP contribution in [0.4, 0.5) is 5.69 Å². The molecule has 0 fully saturated rings. The molecule has 174 valence electrons. The molecule has 8 nitrogen and oxygen atoms in total. The number of hydrogen-bond donors (Lipinski definition) is 0. The highest BCUT2D eigenvalue weighted by Crippen LogP contribution is 2.42. The Balaban J connectivity index is 2.15. The van der Waals surface area contributed by atoms with Crippen molar-refractivity contribution in [1.29, 1.82) is 0 Å². The molecule has 0 bridgehead atoms. The summed E-state index contributed by atoms with van der Waals surface area (Å²) in [6.45, 7) is 4.13. The Kier molecular flexibility index (Phi) is 7.27. The van der Waals surface area contributed by atoms with Crippen LogP contribution in [-0.2, 0) is 14.3 Å². The number of esters is 1. The van der Waals surface area contributed by atoms with Crippen LogP contribution < -0.4 is 23.8 Å². The molecule has 0 aliphatic carbocycles. The Bertz CT molecular complexity index is 1120. The molecule has 1 heterocycles. The summed E-state index contributed by atoms with van der Waals surface area (Å²) >= 11 is 0. The monoisotopic (exact) mass is 453 g/mol. The Morgan fingerprint density at radius 3 is 2.15 bits per heavy atom. The first-order chi connectivity index (χ1) is 15.9. The summed E-state index contributed by atoms with van der Waals surface area (Å²) in [5, 5.41) is 0. The predicted molar refractivity (Wildman–Crippen MR) is 124 cm³/mol. The minimum absolute atomic E-state index is 0.174. The highest BCUT2D eigenvalue weighted by atomic mass is 16.5. The first-order valence-corrected chi connectivity index (χ1v) is 10.3. The van der Waals surface area contributed by atoms with E-state index in [1.807, 2.05) is 6.92 Å². The smallest absolute Gasteiger partial charge is 0.340 e. The van der Waals surface area contributed by atoms with Crippen LogP contribution in [0.5, 0.6) is 23.0 Å². The number of methoxy groups -OCH3 is 4. The number of carbonyl (C=O) groups is 2. The van der Waals surface area contributed by atoms with E-state index in [1.165, 1.54) is 33.3 Å². The molecule has 1 aliphatic heterocycles. The average molecular weight is 453 g/mol. The van der Waals surface area contributed by atoms with Gasteiger partial charge in [-0.1, -0.05) is 0 Å². The molecular formula is C25H27NO7. The minimum atomic E-state index is -0.611. The lowest BCUT2D eigenvalue weighted by atomic mass is 10.0. The molecule has 1 amide bonds. The average Bonchev–Trinajstić information content (AvgIpc) is 3.07. The first kappa shape index (κ1) is 23.7. The summed E-state index contributed by atoms with van der Waals surface area (Å²) in [5.41, 5.74) is 1.96. The van der Waals surface area contributed by atoms with E-state index in [0.29, 0.717) is 46.6 Å².